The number of esters is 3. The van der Waals surface area contributed by atoms with Gasteiger partial charge in [0.1, 0.15) is 6.10 Å². The molecule has 224 valence electrons. The van der Waals surface area contributed by atoms with Crippen molar-refractivity contribution in [2.75, 3.05) is 14.2 Å². The molecule has 4 fully saturated rings. The van der Waals surface area contributed by atoms with Crippen molar-refractivity contribution < 1.29 is 28.6 Å². The molecule has 0 saturated heterocycles. The SMILES string of the molecule is COC(=O)[C@]12CC[C@H](C)[C@@H](C)[C@H]1C1=CC[C@H]3[C@@]4(C)CC[C@H](OC(C)=O)C(C)(C)[C@@H]4CC[C@]3(C)[C@]1(C(=O)OC)CC2. The van der Waals surface area contributed by atoms with Crippen LogP contribution in [-0.4, -0.2) is 38.2 Å². The van der Waals surface area contributed by atoms with Crippen LogP contribution >= 0.6 is 0 Å². The Morgan fingerprint density at radius 2 is 1.50 bits per heavy atom. The van der Waals surface area contributed by atoms with Gasteiger partial charge in [0, 0.05) is 12.3 Å². The molecule has 6 nitrogen and oxygen atoms in total. The molecule has 5 aliphatic carbocycles. The number of hydrogen-bond donors (Lipinski definition) is 0. The Balaban J connectivity index is 1.65. The Morgan fingerprint density at radius 1 is 0.825 bits per heavy atom. The van der Waals surface area contributed by atoms with Crippen molar-refractivity contribution >= 4 is 17.9 Å². The van der Waals surface area contributed by atoms with Gasteiger partial charge in [-0.3, -0.25) is 14.4 Å². The van der Waals surface area contributed by atoms with E-state index in [1.54, 1.807) is 0 Å². The minimum absolute atomic E-state index is 0.00143. The van der Waals surface area contributed by atoms with Crippen molar-refractivity contribution in [1.29, 1.82) is 0 Å². The zero-order chi connectivity index (χ0) is 29.5. The average Bonchev–Trinajstić information content (AvgIpc) is 2.90. The summed E-state index contributed by atoms with van der Waals surface area (Å²) >= 11 is 0. The van der Waals surface area contributed by atoms with Gasteiger partial charge in [0.2, 0.25) is 0 Å². The first-order chi connectivity index (χ1) is 18.7. The Labute approximate surface area is 241 Å². The molecular weight excluding hydrogens is 504 g/mol. The first kappa shape index (κ1) is 29.6. The van der Waals surface area contributed by atoms with Crippen LogP contribution < -0.4 is 0 Å². The van der Waals surface area contributed by atoms with Gasteiger partial charge in [-0.2, -0.15) is 0 Å². The lowest BCUT2D eigenvalue weighted by Crippen LogP contribution is -2.68. The second-order valence-corrected chi connectivity index (χ2v) is 15.3. The smallest absolute Gasteiger partial charge is 0.316 e. The first-order valence-electron chi connectivity index (χ1n) is 15.7. The maximum Gasteiger partial charge on any atom is 0.316 e. The van der Waals surface area contributed by atoms with Crippen molar-refractivity contribution in [3.63, 3.8) is 0 Å². The molecule has 0 spiro atoms. The quantitative estimate of drug-likeness (QED) is 0.214. The van der Waals surface area contributed by atoms with E-state index in [1.807, 2.05) is 0 Å². The van der Waals surface area contributed by atoms with E-state index in [0.717, 1.165) is 44.9 Å². The van der Waals surface area contributed by atoms with Gasteiger partial charge in [0.05, 0.1) is 25.0 Å². The van der Waals surface area contributed by atoms with Gasteiger partial charge in [-0.1, -0.05) is 53.2 Å². The molecule has 0 aromatic carbocycles. The van der Waals surface area contributed by atoms with E-state index in [0.29, 0.717) is 30.6 Å². The van der Waals surface area contributed by atoms with Crippen molar-refractivity contribution in [2.24, 2.45) is 56.7 Å². The molecule has 40 heavy (non-hydrogen) atoms. The molecule has 6 heteroatoms. The van der Waals surface area contributed by atoms with E-state index in [4.69, 9.17) is 14.2 Å². The molecule has 0 N–H and O–H groups in total. The summed E-state index contributed by atoms with van der Waals surface area (Å²) in [7, 11) is 3.05. The predicted octanol–water partition coefficient (Wildman–Crippen LogP) is 6.90. The fourth-order valence-electron chi connectivity index (χ4n) is 11.7. The largest absolute Gasteiger partial charge is 0.469 e. The van der Waals surface area contributed by atoms with Gasteiger partial charge in [-0.15, -0.1) is 0 Å². The number of carbonyl (C=O) groups excluding carboxylic acids is 3. The highest BCUT2D eigenvalue weighted by molar-refractivity contribution is 5.86. The van der Waals surface area contributed by atoms with Gasteiger partial charge in [-0.05, 0) is 98.2 Å². The van der Waals surface area contributed by atoms with Crippen LogP contribution in [0.15, 0.2) is 11.6 Å². The van der Waals surface area contributed by atoms with Crippen molar-refractivity contribution in [3.8, 4) is 0 Å². The molecule has 5 aliphatic rings. The van der Waals surface area contributed by atoms with Crippen LogP contribution in [0.2, 0.25) is 0 Å². The van der Waals surface area contributed by atoms with E-state index in [2.05, 4.69) is 47.6 Å². The number of methoxy groups -OCH3 is 2. The van der Waals surface area contributed by atoms with Gasteiger partial charge in [-0.25, -0.2) is 0 Å². The Kier molecular flexibility index (Phi) is 7.11. The minimum atomic E-state index is -0.747. The number of ether oxygens (including phenoxy) is 3. The van der Waals surface area contributed by atoms with Crippen molar-refractivity contribution in [3.05, 3.63) is 11.6 Å². The third-order valence-electron chi connectivity index (χ3n) is 13.8. The van der Waals surface area contributed by atoms with Crippen LogP contribution in [0.3, 0.4) is 0 Å². The van der Waals surface area contributed by atoms with Crippen LogP contribution in [0.4, 0.5) is 0 Å². The molecular formula is C34H52O6. The minimum Gasteiger partial charge on any atom is -0.469 e. The van der Waals surface area contributed by atoms with E-state index in [1.165, 1.54) is 26.7 Å². The van der Waals surface area contributed by atoms with Gasteiger partial charge < -0.3 is 14.2 Å². The summed E-state index contributed by atoms with van der Waals surface area (Å²) in [4.78, 5) is 39.9. The molecule has 10 atom stereocenters. The second kappa shape index (κ2) is 9.59. The van der Waals surface area contributed by atoms with Crippen molar-refractivity contribution in [1.82, 2.24) is 0 Å². The molecule has 0 radical (unpaired) electrons. The van der Waals surface area contributed by atoms with Crippen LogP contribution in [0.1, 0.15) is 106 Å². The maximum atomic E-state index is 14.3. The molecule has 0 heterocycles. The Bertz CT molecular complexity index is 1110. The lowest BCUT2D eigenvalue weighted by molar-refractivity contribution is -0.222. The summed E-state index contributed by atoms with van der Waals surface area (Å²) in [6, 6.07) is 0. The summed E-state index contributed by atoms with van der Waals surface area (Å²) in [5.41, 5.74) is -0.589. The standard InChI is InChI=1S/C34H52O6/c1-20-12-17-33(28(36)38-8)18-19-34(29(37)39-9)23(27(33)21(20)2)10-11-25-31(6)15-14-26(40-22(3)35)30(4,5)24(31)13-16-32(25,34)7/h10,20-21,24-27H,11-19H2,1-9H3/t20-,21+,24-,25-,26-,27-,31-,32-,33-,34+/m0/s1. The normalized spacial score (nSPS) is 47.3. The maximum absolute atomic E-state index is 14.3. The van der Waals surface area contributed by atoms with Gasteiger partial charge in [0.25, 0.3) is 0 Å². The number of fused-ring (bicyclic) bond motifs is 7. The lowest BCUT2D eigenvalue weighted by Gasteiger charge is -2.70. The summed E-state index contributed by atoms with van der Waals surface area (Å²) in [5.74, 6) is 0.962. The van der Waals surface area contributed by atoms with E-state index in [9.17, 15) is 14.4 Å². The highest BCUT2D eigenvalue weighted by Crippen LogP contribution is 2.76. The first-order valence-corrected chi connectivity index (χ1v) is 15.7. The van der Waals surface area contributed by atoms with Gasteiger partial charge in [0.15, 0.2) is 0 Å². The average molecular weight is 557 g/mol. The summed E-state index contributed by atoms with van der Waals surface area (Å²) in [5, 5.41) is 0. The zero-order valence-corrected chi connectivity index (χ0v) is 26.4. The number of carbonyl (C=O) groups is 3. The van der Waals surface area contributed by atoms with E-state index in [-0.39, 0.29) is 52.1 Å². The van der Waals surface area contributed by atoms with Crippen LogP contribution in [-0.2, 0) is 28.6 Å². The molecule has 0 bridgehead atoms. The van der Waals surface area contributed by atoms with E-state index < -0.39 is 10.8 Å². The highest BCUT2D eigenvalue weighted by atomic mass is 16.5. The topological polar surface area (TPSA) is 78.9 Å². The highest BCUT2D eigenvalue weighted by Gasteiger charge is 2.73. The Hall–Kier alpha value is -1.85. The molecule has 0 aromatic rings. The summed E-state index contributed by atoms with van der Waals surface area (Å²) in [6.45, 7) is 15.5. The summed E-state index contributed by atoms with van der Waals surface area (Å²) in [6.07, 6.45) is 10.0. The van der Waals surface area contributed by atoms with Crippen molar-refractivity contribution in [2.45, 2.75) is 112 Å². The van der Waals surface area contributed by atoms with Crippen LogP contribution in [0.5, 0.6) is 0 Å². The molecule has 0 amide bonds. The number of allylic oxidation sites excluding steroid dienone is 1. The fourth-order valence-corrected chi connectivity index (χ4v) is 11.7. The predicted molar refractivity (Wildman–Crippen MR) is 153 cm³/mol. The molecule has 0 aromatic heterocycles. The monoisotopic (exact) mass is 556 g/mol. The Morgan fingerprint density at radius 3 is 2.12 bits per heavy atom. The van der Waals surface area contributed by atoms with Crippen LogP contribution in [0, 0.1) is 56.7 Å². The summed E-state index contributed by atoms with van der Waals surface area (Å²) < 4.78 is 17.1. The fraction of sp³-hybridized carbons (Fsp3) is 0.853. The molecule has 4 saturated carbocycles. The van der Waals surface area contributed by atoms with Crippen LogP contribution in [0.25, 0.3) is 0 Å². The number of hydrogen-bond acceptors (Lipinski definition) is 6. The molecule has 5 rings (SSSR count). The lowest BCUT2D eigenvalue weighted by atomic mass is 9.33. The molecule has 0 unspecified atom stereocenters. The number of rotatable bonds is 3. The third kappa shape index (κ3) is 3.62. The van der Waals surface area contributed by atoms with E-state index >= 15 is 0 Å². The third-order valence-corrected chi connectivity index (χ3v) is 13.8. The zero-order valence-electron chi connectivity index (χ0n) is 26.4. The molecule has 0 aliphatic heterocycles. The second-order valence-electron chi connectivity index (χ2n) is 15.3. The van der Waals surface area contributed by atoms with Gasteiger partial charge >= 0.3 is 17.9 Å².